The van der Waals surface area contributed by atoms with E-state index in [-0.39, 0.29) is 26.2 Å². The molecule has 7 heteroatoms. The number of amides is 1. The Morgan fingerprint density at radius 3 is 2.36 bits per heavy atom. The molecular formula is C21H25NO6. The number of carboxylic acid groups (broad SMARTS) is 1. The molecule has 28 heavy (non-hydrogen) atoms. The first kappa shape index (κ1) is 21.2. The van der Waals surface area contributed by atoms with Crippen molar-refractivity contribution in [2.75, 3.05) is 13.2 Å². The van der Waals surface area contributed by atoms with Crippen LogP contribution in [0.3, 0.4) is 0 Å². The first-order valence-corrected chi connectivity index (χ1v) is 9.11. The van der Waals surface area contributed by atoms with Crippen LogP contribution < -0.4 is 10.1 Å². The Morgan fingerprint density at radius 2 is 1.71 bits per heavy atom. The molecule has 0 fully saturated rings. The zero-order valence-corrected chi connectivity index (χ0v) is 15.5. The van der Waals surface area contributed by atoms with Gasteiger partial charge < -0.3 is 25.0 Å². The number of nitrogens with one attached hydrogen (secondary N) is 1. The van der Waals surface area contributed by atoms with Crippen LogP contribution in [0.4, 0.5) is 4.79 Å². The standard InChI is InChI=1S/C21H25NO6/c23-13-4-7-16-8-10-18(11-9-16)27-14-12-19(20(24)25)22-21(26)28-15-17-5-2-1-3-6-17/h1-3,5-6,8-11,19,23H,4,7,12-15H2,(H,22,26)(H,24,25)/t19-/m0/s1. The normalized spacial score (nSPS) is 11.5. The van der Waals surface area contributed by atoms with Gasteiger partial charge in [-0.25, -0.2) is 9.59 Å². The van der Waals surface area contributed by atoms with Gasteiger partial charge in [0.15, 0.2) is 0 Å². The number of hydrogen-bond donors (Lipinski definition) is 3. The number of rotatable bonds is 11. The minimum atomic E-state index is -1.15. The zero-order chi connectivity index (χ0) is 20.2. The number of carboxylic acids is 1. The molecule has 0 bridgehead atoms. The molecule has 2 aromatic carbocycles. The van der Waals surface area contributed by atoms with Crippen LogP contribution in [0.1, 0.15) is 24.0 Å². The van der Waals surface area contributed by atoms with Crippen molar-refractivity contribution in [1.82, 2.24) is 5.32 Å². The van der Waals surface area contributed by atoms with Gasteiger partial charge in [-0.2, -0.15) is 0 Å². The van der Waals surface area contributed by atoms with Crippen molar-refractivity contribution >= 4 is 12.1 Å². The minimum absolute atomic E-state index is 0.0676. The van der Waals surface area contributed by atoms with Crippen LogP contribution in [0.15, 0.2) is 54.6 Å². The van der Waals surface area contributed by atoms with Gasteiger partial charge in [-0.3, -0.25) is 0 Å². The van der Waals surface area contributed by atoms with Crippen LogP contribution in [-0.4, -0.2) is 41.5 Å². The summed E-state index contributed by atoms with van der Waals surface area (Å²) < 4.78 is 10.6. The zero-order valence-electron chi connectivity index (χ0n) is 15.5. The Kier molecular flexibility index (Phi) is 8.81. The molecule has 2 rings (SSSR count). The number of carbonyl (C=O) groups excluding carboxylic acids is 1. The van der Waals surface area contributed by atoms with E-state index in [4.69, 9.17) is 14.6 Å². The van der Waals surface area contributed by atoms with Gasteiger partial charge in [0, 0.05) is 13.0 Å². The Morgan fingerprint density at radius 1 is 1.00 bits per heavy atom. The third-order valence-corrected chi connectivity index (χ3v) is 4.03. The lowest BCUT2D eigenvalue weighted by Gasteiger charge is -2.15. The van der Waals surface area contributed by atoms with Crippen molar-refractivity contribution in [1.29, 1.82) is 0 Å². The molecule has 0 aromatic heterocycles. The van der Waals surface area contributed by atoms with E-state index in [0.29, 0.717) is 12.2 Å². The topological polar surface area (TPSA) is 105 Å². The maximum absolute atomic E-state index is 11.8. The Balaban J connectivity index is 1.74. The highest BCUT2D eigenvalue weighted by atomic mass is 16.5. The van der Waals surface area contributed by atoms with Gasteiger partial charge in [0.2, 0.25) is 0 Å². The quantitative estimate of drug-likeness (QED) is 0.548. The summed E-state index contributed by atoms with van der Waals surface area (Å²) in [6.45, 7) is 0.347. The lowest BCUT2D eigenvalue weighted by atomic mass is 10.1. The van der Waals surface area contributed by atoms with E-state index in [1.54, 1.807) is 12.1 Å². The average Bonchev–Trinajstić information content (AvgIpc) is 2.71. The number of aliphatic carboxylic acids is 1. The predicted molar refractivity (Wildman–Crippen MR) is 103 cm³/mol. The summed E-state index contributed by atoms with van der Waals surface area (Å²) in [6.07, 6.45) is 0.797. The minimum Gasteiger partial charge on any atom is -0.494 e. The molecule has 0 unspecified atom stereocenters. The summed E-state index contributed by atoms with van der Waals surface area (Å²) in [7, 11) is 0. The van der Waals surface area contributed by atoms with E-state index in [9.17, 15) is 14.7 Å². The molecule has 0 aliphatic heterocycles. The molecule has 0 heterocycles. The fourth-order valence-corrected chi connectivity index (χ4v) is 2.49. The van der Waals surface area contributed by atoms with Crippen molar-refractivity contribution in [3.8, 4) is 5.75 Å². The van der Waals surface area contributed by atoms with Crippen molar-refractivity contribution in [2.24, 2.45) is 0 Å². The molecule has 0 radical (unpaired) electrons. The summed E-state index contributed by atoms with van der Waals surface area (Å²) in [5.74, 6) is -0.539. The third-order valence-electron chi connectivity index (χ3n) is 4.03. The lowest BCUT2D eigenvalue weighted by molar-refractivity contribution is -0.139. The van der Waals surface area contributed by atoms with Gasteiger partial charge >= 0.3 is 12.1 Å². The van der Waals surface area contributed by atoms with E-state index in [1.807, 2.05) is 42.5 Å². The molecule has 1 atom stereocenters. The molecule has 7 nitrogen and oxygen atoms in total. The number of carbonyl (C=O) groups is 2. The molecule has 150 valence electrons. The highest BCUT2D eigenvalue weighted by Crippen LogP contribution is 2.14. The molecule has 2 aromatic rings. The Labute approximate surface area is 163 Å². The van der Waals surface area contributed by atoms with Crippen LogP contribution >= 0.6 is 0 Å². The number of ether oxygens (including phenoxy) is 2. The molecule has 0 aliphatic rings. The lowest BCUT2D eigenvalue weighted by Crippen LogP contribution is -2.42. The first-order valence-electron chi connectivity index (χ1n) is 9.11. The van der Waals surface area contributed by atoms with Gasteiger partial charge in [-0.15, -0.1) is 0 Å². The molecule has 3 N–H and O–H groups in total. The molecule has 0 saturated carbocycles. The first-order chi connectivity index (χ1) is 13.6. The molecule has 0 aliphatic carbocycles. The van der Waals surface area contributed by atoms with Crippen LogP contribution in [-0.2, 0) is 22.6 Å². The molecule has 1 amide bonds. The SMILES string of the molecule is O=C(N[C@@H](CCOc1ccc(CCCO)cc1)C(=O)O)OCc1ccccc1. The fraction of sp³-hybridized carbons (Fsp3) is 0.333. The summed E-state index contributed by atoms with van der Waals surface area (Å²) in [5.41, 5.74) is 1.91. The van der Waals surface area contributed by atoms with Crippen LogP contribution in [0, 0.1) is 0 Å². The summed E-state index contributed by atoms with van der Waals surface area (Å²) in [6, 6.07) is 15.4. The summed E-state index contributed by atoms with van der Waals surface area (Å²) in [5, 5.41) is 20.5. The van der Waals surface area contributed by atoms with E-state index in [0.717, 1.165) is 17.5 Å². The van der Waals surface area contributed by atoms with Crippen molar-refractivity contribution in [3.05, 3.63) is 65.7 Å². The van der Waals surface area contributed by atoms with Crippen molar-refractivity contribution < 1.29 is 29.3 Å². The number of alkyl carbamates (subject to hydrolysis) is 1. The van der Waals surface area contributed by atoms with E-state index < -0.39 is 18.1 Å². The monoisotopic (exact) mass is 387 g/mol. The summed E-state index contributed by atoms with van der Waals surface area (Å²) >= 11 is 0. The van der Waals surface area contributed by atoms with Crippen LogP contribution in [0.25, 0.3) is 0 Å². The fourth-order valence-electron chi connectivity index (χ4n) is 2.49. The van der Waals surface area contributed by atoms with Crippen LogP contribution in [0.2, 0.25) is 0 Å². The van der Waals surface area contributed by atoms with E-state index in [2.05, 4.69) is 5.32 Å². The predicted octanol–water partition coefficient (Wildman–Crippen LogP) is 2.76. The van der Waals surface area contributed by atoms with Crippen molar-refractivity contribution in [2.45, 2.75) is 31.9 Å². The van der Waals surface area contributed by atoms with Gasteiger partial charge in [0.25, 0.3) is 0 Å². The second-order valence-electron chi connectivity index (χ2n) is 6.21. The van der Waals surface area contributed by atoms with Crippen molar-refractivity contribution in [3.63, 3.8) is 0 Å². The summed E-state index contributed by atoms with van der Waals surface area (Å²) in [4.78, 5) is 23.2. The average molecular weight is 387 g/mol. The largest absolute Gasteiger partial charge is 0.494 e. The van der Waals surface area contributed by atoms with Gasteiger partial charge in [-0.05, 0) is 36.1 Å². The maximum atomic E-state index is 11.8. The van der Waals surface area contributed by atoms with E-state index >= 15 is 0 Å². The van der Waals surface area contributed by atoms with E-state index in [1.165, 1.54) is 0 Å². The number of aryl methyl sites for hydroxylation is 1. The number of aliphatic hydroxyl groups is 1. The Hall–Kier alpha value is -3.06. The highest BCUT2D eigenvalue weighted by molar-refractivity contribution is 5.79. The number of benzene rings is 2. The van der Waals surface area contributed by atoms with Gasteiger partial charge in [-0.1, -0.05) is 42.5 Å². The second kappa shape index (κ2) is 11.6. The highest BCUT2D eigenvalue weighted by Gasteiger charge is 2.20. The van der Waals surface area contributed by atoms with Gasteiger partial charge in [0.1, 0.15) is 18.4 Å². The van der Waals surface area contributed by atoms with Crippen LogP contribution in [0.5, 0.6) is 5.75 Å². The third kappa shape index (κ3) is 7.67. The molecular weight excluding hydrogens is 362 g/mol. The molecule has 0 saturated heterocycles. The number of hydrogen-bond acceptors (Lipinski definition) is 5. The molecule has 0 spiro atoms. The Bertz CT molecular complexity index is 732. The second-order valence-corrected chi connectivity index (χ2v) is 6.21. The number of aliphatic hydroxyl groups excluding tert-OH is 1. The maximum Gasteiger partial charge on any atom is 0.408 e. The smallest absolute Gasteiger partial charge is 0.408 e. The van der Waals surface area contributed by atoms with Gasteiger partial charge in [0.05, 0.1) is 6.61 Å².